The van der Waals surface area contributed by atoms with E-state index in [9.17, 15) is 4.79 Å². The number of H-pyrrole nitrogens is 1. The highest BCUT2D eigenvalue weighted by atomic mass is 16.1. The number of nitrogens with one attached hydrogen (secondary N) is 2. The lowest BCUT2D eigenvalue weighted by Gasteiger charge is -2.11. The Morgan fingerprint density at radius 2 is 2.33 bits per heavy atom. The van der Waals surface area contributed by atoms with Gasteiger partial charge in [-0.2, -0.15) is 0 Å². The van der Waals surface area contributed by atoms with Crippen LogP contribution in [0.15, 0.2) is 10.9 Å². The minimum atomic E-state index is -0.0960. The molecule has 5 heteroatoms. The molecule has 0 spiro atoms. The molecule has 1 aliphatic carbocycles. The van der Waals surface area contributed by atoms with Gasteiger partial charge in [-0.1, -0.05) is 0 Å². The summed E-state index contributed by atoms with van der Waals surface area (Å²) in [5.41, 5.74) is 0.704. The van der Waals surface area contributed by atoms with Crippen molar-refractivity contribution in [3.05, 3.63) is 22.1 Å². The molecule has 0 unspecified atom stereocenters. The van der Waals surface area contributed by atoms with Crippen molar-refractivity contribution in [2.24, 2.45) is 0 Å². The number of aromatic nitrogens is 2. The predicted octanol–water partition coefficient (Wildman–Crippen LogP) is 0.0879. The van der Waals surface area contributed by atoms with Crippen LogP contribution in [0.2, 0.25) is 0 Å². The van der Waals surface area contributed by atoms with E-state index in [-0.39, 0.29) is 5.56 Å². The van der Waals surface area contributed by atoms with Crippen LogP contribution in [0, 0.1) is 0 Å². The molecule has 82 valence electrons. The van der Waals surface area contributed by atoms with Crippen molar-refractivity contribution in [2.75, 3.05) is 19.0 Å². The first kappa shape index (κ1) is 10.2. The smallest absolute Gasteiger partial charge is 0.252 e. The molecule has 1 aromatic heterocycles. The fourth-order valence-corrected chi connectivity index (χ4v) is 1.33. The average Bonchev–Trinajstić information content (AvgIpc) is 2.97. The Labute approximate surface area is 88.5 Å². The molecule has 2 N–H and O–H groups in total. The number of hydrogen-bond donors (Lipinski definition) is 2. The number of nitrogens with zero attached hydrogens (tertiary/aromatic N) is 2. The van der Waals surface area contributed by atoms with Crippen LogP contribution in [0.4, 0.5) is 5.95 Å². The molecule has 15 heavy (non-hydrogen) atoms. The molecule has 0 bridgehead atoms. The van der Waals surface area contributed by atoms with E-state index in [0.717, 1.165) is 5.69 Å². The minimum Gasteiger partial charge on any atom is -0.348 e. The largest absolute Gasteiger partial charge is 0.348 e. The Kier molecular flexibility index (Phi) is 2.73. The van der Waals surface area contributed by atoms with Crippen molar-refractivity contribution < 1.29 is 0 Å². The van der Waals surface area contributed by atoms with Gasteiger partial charge in [0.05, 0.1) is 5.69 Å². The molecule has 0 amide bonds. The Balaban J connectivity index is 2.11. The summed E-state index contributed by atoms with van der Waals surface area (Å²) < 4.78 is 0. The zero-order valence-corrected chi connectivity index (χ0v) is 9.08. The van der Waals surface area contributed by atoms with Gasteiger partial charge in [0, 0.05) is 32.7 Å². The second-order valence-electron chi connectivity index (χ2n) is 4.11. The molecular weight excluding hydrogens is 192 g/mol. The summed E-state index contributed by atoms with van der Waals surface area (Å²) in [4.78, 5) is 20.1. The summed E-state index contributed by atoms with van der Waals surface area (Å²) in [6.07, 6.45) is 2.48. The van der Waals surface area contributed by atoms with Gasteiger partial charge >= 0.3 is 0 Å². The van der Waals surface area contributed by atoms with Crippen LogP contribution in [0.5, 0.6) is 0 Å². The van der Waals surface area contributed by atoms with E-state index < -0.39 is 0 Å². The van der Waals surface area contributed by atoms with E-state index in [2.05, 4.69) is 15.3 Å². The van der Waals surface area contributed by atoms with Crippen LogP contribution in [-0.2, 0) is 6.54 Å². The molecule has 2 rings (SSSR count). The molecule has 1 heterocycles. The molecule has 1 fully saturated rings. The second kappa shape index (κ2) is 4.02. The SMILES string of the molecule is CN(C)c1nc(CNC2CC2)cc(=O)[nH]1. The number of rotatable bonds is 4. The van der Waals surface area contributed by atoms with Crippen LogP contribution in [-0.4, -0.2) is 30.1 Å². The van der Waals surface area contributed by atoms with Crippen LogP contribution >= 0.6 is 0 Å². The van der Waals surface area contributed by atoms with Crippen LogP contribution in [0.3, 0.4) is 0 Å². The van der Waals surface area contributed by atoms with Gasteiger partial charge < -0.3 is 10.2 Å². The van der Waals surface area contributed by atoms with Crippen molar-refractivity contribution in [3.8, 4) is 0 Å². The van der Waals surface area contributed by atoms with Crippen molar-refractivity contribution >= 4 is 5.95 Å². The van der Waals surface area contributed by atoms with Crippen molar-refractivity contribution in [1.29, 1.82) is 0 Å². The van der Waals surface area contributed by atoms with Crippen LogP contribution in [0.1, 0.15) is 18.5 Å². The first-order chi connectivity index (χ1) is 7.15. The third-order valence-corrected chi connectivity index (χ3v) is 2.36. The predicted molar refractivity (Wildman–Crippen MR) is 59.0 cm³/mol. The minimum absolute atomic E-state index is 0.0960. The number of hydrogen-bond acceptors (Lipinski definition) is 4. The van der Waals surface area contributed by atoms with E-state index in [1.54, 1.807) is 11.0 Å². The Hall–Kier alpha value is -1.36. The van der Waals surface area contributed by atoms with Crippen LogP contribution in [0.25, 0.3) is 0 Å². The topological polar surface area (TPSA) is 61.0 Å². The summed E-state index contributed by atoms with van der Waals surface area (Å²) >= 11 is 0. The van der Waals surface area contributed by atoms with Gasteiger partial charge in [0.2, 0.25) is 5.95 Å². The maximum absolute atomic E-state index is 11.3. The van der Waals surface area contributed by atoms with Gasteiger partial charge in [-0.25, -0.2) is 4.98 Å². The molecule has 0 atom stereocenters. The zero-order chi connectivity index (χ0) is 10.8. The maximum Gasteiger partial charge on any atom is 0.252 e. The second-order valence-corrected chi connectivity index (χ2v) is 4.11. The van der Waals surface area contributed by atoms with Crippen molar-refractivity contribution in [2.45, 2.75) is 25.4 Å². The highest BCUT2D eigenvalue weighted by Gasteiger charge is 2.20. The van der Waals surface area contributed by atoms with Crippen molar-refractivity contribution in [3.63, 3.8) is 0 Å². The summed E-state index contributed by atoms with van der Waals surface area (Å²) in [7, 11) is 3.72. The highest BCUT2D eigenvalue weighted by molar-refractivity contribution is 5.27. The first-order valence-corrected chi connectivity index (χ1v) is 5.16. The van der Waals surface area contributed by atoms with Gasteiger partial charge in [0.15, 0.2) is 0 Å². The lowest BCUT2D eigenvalue weighted by Crippen LogP contribution is -2.22. The fourth-order valence-electron chi connectivity index (χ4n) is 1.33. The van der Waals surface area contributed by atoms with Gasteiger partial charge in [0.1, 0.15) is 0 Å². The Bertz CT molecular complexity index is 395. The first-order valence-electron chi connectivity index (χ1n) is 5.16. The molecular formula is C10H16N4O. The van der Waals surface area contributed by atoms with Gasteiger partial charge in [-0.15, -0.1) is 0 Å². The fraction of sp³-hybridized carbons (Fsp3) is 0.600. The third kappa shape index (κ3) is 2.79. The van der Waals surface area contributed by atoms with Gasteiger partial charge in [-0.05, 0) is 12.8 Å². The Morgan fingerprint density at radius 3 is 2.93 bits per heavy atom. The van der Waals surface area contributed by atoms with E-state index in [0.29, 0.717) is 18.5 Å². The zero-order valence-electron chi connectivity index (χ0n) is 9.08. The lowest BCUT2D eigenvalue weighted by molar-refractivity contribution is 0.671. The standard InChI is InChI=1S/C10H16N4O/c1-14(2)10-12-8(5-9(15)13-10)6-11-7-3-4-7/h5,7,11H,3-4,6H2,1-2H3,(H,12,13,15). The lowest BCUT2D eigenvalue weighted by atomic mass is 10.4. The summed E-state index contributed by atoms with van der Waals surface area (Å²) in [5.74, 6) is 0.607. The molecule has 1 aromatic rings. The average molecular weight is 208 g/mol. The van der Waals surface area contributed by atoms with Crippen LogP contribution < -0.4 is 15.8 Å². The van der Waals surface area contributed by atoms with E-state index >= 15 is 0 Å². The monoisotopic (exact) mass is 208 g/mol. The third-order valence-electron chi connectivity index (χ3n) is 2.36. The van der Waals surface area contributed by atoms with Gasteiger partial charge in [-0.3, -0.25) is 9.78 Å². The maximum atomic E-state index is 11.3. The normalized spacial score (nSPS) is 15.3. The highest BCUT2D eigenvalue weighted by Crippen LogP contribution is 2.18. The van der Waals surface area contributed by atoms with Crippen molar-refractivity contribution in [1.82, 2.24) is 15.3 Å². The van der Waals surface area contributed by atoms with E-state index in [1.807, 2.05) is 14.1 Å². The summed E-state index contributed by atoms with van der Waals surface area (Å²) in [6, 6.07) is 2.18. The molecule has 0 aliphatic heterocycles. The quantitative estimate of drug-likeness (QED) is 0.736. The molecule has 0 aromatic carbocycles. The number of anilines is 1. The summed E-state index contributed by atoms with van der Waals surface area (Å²) in [6.45, 7) is 0.676. The van der Waals surface area contributed by atoms with E-state index in [1.165, 1.54) is 12.8 Å². The molecule has 0 radical (unpaired) electrons. The molecule has 5 nitrogen and oxygen atoms in total. The molecule has 0 saturated heterocycles. The number of aromatic amines is 1. The Morgan fingerprint density at radius 1 is 1.60 bits per heavy atom. The molecule has 1 aliphatic rings. The van der Waals surface area contributed by atoms with E-state index in [4.69, 9.17) is 0 Å². The van der Waals surface area contributed by atoms with Gasteiger partial charge in [0.25, 0.3) is 5.56 Å². The molecule has 1 saturated carbocycles. The summed E-state index contributed by atoms with van der Waals surface area (Å²) in [5, 5.41) is 3.33.